The number of rotatable bonds is 6. The fraction of sp³-hybridized carbons (Fsp3) is 0.556. The zero-order valence-electron chi connectivity index (χ0n) is 14.6. The van der Waals surface area contributed by atoms with Crippen molar-refractivity contribution >= 4 is 17.2 Å². The zero-order valence-corrected chi connectivity index (χ0v) is 15.4. The Morgan fingerprint density at radius 1 is 1.50 bits per heavy atom. The van der Waals surface area contributed by atoms with E-state index in [1.807, 2.05) is 18.9 Å². The van der Waals surface area contributed by atoms with Gasteiger partial charge in [-0.05, 0) is 44.1 Å². The van der Waals surface area contributed by atoms with E-state index in [0.717, 1.165) is 49.4 Å². The highest BCUT2D eigenvalue weighted by Crippen LogP contribution is 2.39. The average molecular weight is 347 g/mol. The van der Waals surface area contributed by atoms with E-state index >= 15 is 0 Å². The summed E-state index contributed by atoms with van der Waals surface area (Å²) < 4.78 is 7.30. The maximum Gasteiger partial charge on any atom is 0.223 e. The molecule has 1 saturated heterocycles. The van der Waals surface area contributed by atoms with Crippen LogP contribution in [0.25, 0.3) is 0 Å². The predicted octanol–water partition coefficient (Wildman–Crippen LogP) is 3.49. The zero-order chi connectivity index (χ0) is 17.1. The number of nitrogens with zero attached hydrogens (tertiary/aromatic N) is 3. The van der Waals surface area contributed by atoms with Crippen molar-refractivity contribution in [2.45, 2.75) is 45.1 Å². The number of aromatic nitrogens is 2. The van der Waals surface area contributed by atoms with E-state index in [2.05, 4.69) is 22.6 Å². The van der Waals surface area contributed by atoms with Crippen molar-refractivity contribution in [2.24, 2.45) is 7.05 Å². The molecule has 1 aliphatic rings. The summed E-state index contributed by atoms with van der Waals surface area (Å²) in [6.07, 6.45) is 4.53. The topological polar surface area (TPSA) is 47.4 Å². The highest BCUT2D eigenvalue weighted by Gasteiger charge is 2.34. The number of aryl methyl sites for hydroxylation is 3. The van der Waals surface area contributed by atoms with Gasteiger partial charge in [0, 0.05) is 24.9 Å². The number of methoxy groups -OCH3 is 1. The van der Waals surface area contributed by atoms with Gasteiger partial charge in [-0.2, -0.15) is 5.10 Å². The van der Waals surface area contributed by atoms with Crippen LogP contribution in [0.1, 0.15) is 47.9 Å². The first-order valence-electron chi connectivity index (χ1n) is 8.51. The van der Waals surface area contributed by atoms with Crippen molar-refractivity contribution in [3.8, 4) is 5.88 Å². The summed E-state index contributed by atoms with van der Waals surface area (Å²) in [7, 11) is 3.56. The summed E-state index contributed by atoms with van der Waals surface area (Å²) in [5.74, 6) is 1.02. The largest absolute Gasteiger partial charge is 0.481 e. The third kappa shape index (κ3) is 3.34. The van der Waals surface area contributed by atoms with E-state index in [-0.39, 0.29) is 11.9 Å². The van der Waals surface area contributed by atoms with Gasteiger partial charge in [-0.1, -0.05) is 6.07 Å². The van der Waals surface area contributed by atoms with Gasteiger partial charge in [0.15, 0.2) is 0 Å². The van der Waals surface area contributed by atoms with Crippen molar-refractivity contribution in [2.75, 3.05) is 13.7 Å². The lowest BCUT2D eigenvalue weighted by Gasteiger charge is -2.25. The van der Waals surface area contributed by atoms with E-state index in [9.17, 15) is 4.79 Å². The van der Waals surface area contributed by atoms with Crippen LogP contribution in [0.5, 0.6) is 5.88 Å². The van der Waals surface area contributed by atoms with E-state index in [1.165, 1.54) is 4.88 Å². The second-order valence-corrected chi connectivity index (χ2v) is 7.34. The highest BCUT2D eigenvalue weighted by atomic mass is 32.1. The molecule has 3 rings (SSSR count). The number of carbonyl (C=O) groups is 1. The van der Waals surface area contributed by atoms with Crippen LogP contribution < -0.4 is 4.74 Å². The molecule has 3 heterocycles. The van der Waals surface area contributed by atoms with Crippen molar-refractivity contribution in [3.05, 3.63) is 33.6 Å². The van der Waals surface area contributed by atoms with Gasteiger partial charge in [0.25, 0.3) is 0 Å². The first kappa shape index (κ1) is 17.0. The number of thiophene rings is 1. The maximum absolute atomic E-state index is 12.7. The molecule has 0 unspecified atom stereocenters. The second kappa shape index (κ2) is 7.38. The normalized spacial score (nSPS) is 17.5. The molecule has 0 radical (unpaired) electrons. The van der Waals surface area contributed by atoms with E-state index in [0.29, 0.717) is 6.42 Å². The van der Waals surface area contributed by atoms with Gasteiger partial charge in [-0.25, -0.2) is 4.68 Å². The number of likely N-dealkylation sites (tertiary alicyclic amines) is 1. The molecule has 2 aromatic heterocycles. The molecule has 1 fully saturated rings. The van der Waals surface area contributed by atoms with Crippen LogP contribution in [-0.4, -0.2) is 34.2 Å². The van der Waals surface area contributed by atoms with E-state index < -0.39 is 0 Å². The van der Waals surface area contributed by atoms with Crippen LogP contribution >= 0.6 is 11.3 Å². The van der Waals surface area contributed by atoms with Crippen LogP contribution in [0.4, 0.5) is 0 Å². The molecule has 0 bridgehead atoms. The lowest BCUT2D eigenvalue weighted by molar-refractivity contribution is -0.132. The van der Waals surface area contributed by atoms with Gasteiger partial charge >= 0.3 is 0 Å². The second-order valence-electron chi connectivity index (χ2n) is 6.31. The standard InChI is InChI=1S/C18H25N3O2S/c1-13-17(18(23-3)20(2)19-13)15-9-5-11-21(15)16(22)10-4-7-14-8-6-12-24-14/h6,8,12,15H,4-5,7,9-11H2,1-3H3/t15-/m0/s1. The van der Waals surface area contributed by atoms with Gasteiger partial charge in [-0.15, -0.1) is 11.3 Å². The highest BCUT2D eigenvalue weighted by molar-refractivity contribution is 7.09. The molecule has 2 aromatic rings. The third-order valence-electron chi connectivity index (χ3n) is 4.71. The Labute approximate surface area is 147 Å². The molecular weight excluding hydrogens is 322 g/mol. The average Bonchev–Trinajstić information content (AvgIpc) is 3.27. The summed E-state index contributed by atoms with van der Waals surface area (Å²) in [6.45, 7) is 2.83. The van der Waals surface area contributed by atoms with E-state index in [4.69, 9.17) is 4.74 Å². The molecule has 0 aliphatic carbocycles. The molecule has 0 aromatic carbocycles. The monoisotopic (exact) mass is 347 g/mol. The number of carbonyl (C=O) groups excluding carboxylic acids is 1. The molecule has 1 amide bonds. The molecule has 0 N–H and O–H groups in total. The first-order valence-corrected chi connectivity index (χ1v) is 9.39. The molecule has 0 spiro atoms. The quantitative estimate of drug-likeness (QED) is 0.804. The Kier molecular flexibility index (Phi) is 5.23. The van der Waals surface area contributed by atoms with Crippen molar-refractivity contribution in [3.63, 3.8) is 0 Å². The van der Waals surface area contributed by atoms with Crippen molar-refractivity contribution in [1.29, 1.82) is 0 Å². The Balaban J connectivity index is 1.68. The minimum atomic E-state index is 0.0999. The van der Waals surface area contributed by atoms with Crippen LogP contribution in [0.15, 0.2) is 17.5 Å². The van der Waals surface area contributed by atoms with Gasteiger partial charge < -0.3 is 9.64 Å². The molecule has 24 heavy (non-hydrogen) atoms. The SMILES string of the molecule is COc1c([C@@H]2CCCN2C(=O)CCCc2cccs2)c(C)nn1C. The number of amides is 1. The third-order valence-corrected chi connectivity index (χ3v) is 5.64. The fourth-order valence-corrected chi connectivity index (χ4v) is 4.41. The van der Waals surface area contributed by atoms with Crippen molar-refractivity contribution in [1.82, 2.24) is 14.7 Å². The minimum absolute atomic E-state index is 0.0999. The molecule has 0 saturated carbocycles. The summed E-state index contributed by atoms with van der Waals surface area (Å²) in [6, 6.07) is 4.30. The summed E-state index contributed by atoms with van der Waals surface area (Å²) in [4.78, 5) is 16.1. The van der Waals surface area contributed by atoms with Crippen LogP contribution in [0.3, 0.4) is 0 Å². The lowest BCUT2D eigenvalue weighted by Crippen LogP contribution is -2.30. The fourth-order valence-electron chi connectivity index (χ4n) is 3.66. The summed E-state index contributed by atoms with van der Waals surface area (Å²) in [5, 5.41) is 6.56. The molecule has 6 heteroatoms. The first-order chi connectivity index (χ1) is 11.6. The number of ether oxygens (including phenoxy) is 1. The Morgan fingerprint density at radius 2 is 2.33 bits per heavy atom. The molecule has 5 nitrogen and oxygen atoms in total. The number of hydrogen-bond donors (Lipinski definition) is 0. The van der Waals surface area contributed by atoms with Gasteiger partial charge in [0.2, 0.25) is 11.8 Å². The van der Waals surface area contributed by atoms with Crippen molar-refractivity contribution < 1.29 is 9.53 Å². The van der Waals surface area contributed by atoms with Crippen LogP contribution in [0.2, 0.25) is 0 Å². The summed E-state index contributed by atoms with van der Waals surface area (Å²) >= 11 is 1.76. The Morgan fingerprint density at radius 3 is 3.04 bits per heavy atom. The summed E-state index contributed by atoms with van der Waals surface area (Å²) in [5.41, 5.74) is 2.03. The Hall–Kier alpha value is -1.82. The smallest absolute Gasteiger partial charge is 0.223 e. The lowest BCUT2D eigenvalue weighted by atomic mass is 10.0. The van der Waals surface area contributed by atoms with E-state index in [1.54, 1.807) is 23.1 Å². The molecule has 1 atom stereocenters. The number of hydrogen-bond acceptors (Lipinski definition) is 4. The molecule has 130 valence electrons. The van der Waals surface area contributed by atoms with Gasteiger partial charge in [-0.3, -0.25) is 4.79 Å². The molecular formula is C18H25N3O2S. The van der Waals surface area contributed by atoms with Gasteiger partial charge in [0.05, 0.1) is 24.4 Å². The molecule has 1 aliphatic heterocycles. The Bertz CT molecular complexity index is 693. The van der Waals surface area contributed by atoms with Crippen LogP contribution in [0, 0.1) is 6.92 Å². The minimum Gasteiger partial charge on any atom is -0.481 e. The maximum atomic E-state index is 12.7. The predicted molar refractivity (Wildman–Crippen MR) is 95.4 cm³/mol. The van der Waals surface area contributed by atoms with Gasteiger partial charge in [0.1, 0.15) is 0 Å². The van der Waals surface area contributed by atoms with Crippen LogP contribution in [-0.2, 0) is 18.3 Å².